The number of hydrogen-bond acceptors (Lipinski definition) is 2. The molecule has 1 aromatic heterocycles. The van der Waals surface area contributed by atoms with Crippen molar-refractivity contribution in [3.63, 3.8) is 0 Å². The van der Waals surface area contributed by atoms with Crippen molar-refractivity contribution in [3.05, 3.63) is 24.5 Å². The van der Waals surface area contributed by atoms with Gasteiger partial charge in [0.2, 0.25) is 0 Å². The van der Waals surface area contributed by atoms with Gasteiger partial charge in [0, 0.05) is 38.6 Å². The first-order valence-corrected chi connectivity index (χ1v) is 5.06. The molecule has 5 nitrogen and oxygen atoms in total. The number of nitrogens with one attached hydrogen (secondary N) is 2. The van der Waals surface area contributed by atoms with Gasteiger partial charge < -0.3 is 20.3 Å². The van der Waals surface area contributed by atoms with E-state index >= 15 is 0 Å². The predicted molar refractivity (Wildman–Crippen MR) is 57.5 cm³/mol. The zero-order valence-electron chi connectivity index (χ0n) is 8.65. The Morgan fingerprint density at radius 3 is 2.53 bits per heavy atom. The number of urea groups is 1. The molecule has 1 aromatic rings. The summed E-state index contributed by atoms with van der Waals surface area (Å²) >= 11 is 0. The van der Waals surface area contributed by atoms with Gasteiger partial charge >= 0.3 is 6.03 Å². The van der Waals surface area contributed by atoms with Gasteiger partial charge in [-0.2, -0.15) is 0 Å². The molecule has 0 fully saturated rings. The number of hydrogen-bond donors (Lipinski definition) is 3. The van der Waals surface area contributed by atoms with Gasteiger partial charge in [-0.15, -0.1) is 0 Å². The second-order valence-corrected chi connectivity index (χ2v) is 3.18. The second-order valence-electron chi connectivity index (χ2n) is 3.18. The van der Waals surface area contributed by atoms with E-state index in [9.17, 15) is 4.79 Å². The monoisotopic (exact) mass is 211 g/mol. The standard InChI is InChI=1S/C10H17N3O2/c14-9-3-4-11-10(15)12-5-8-13-6-1-2-7-13/h1-2,6-7,14H,3-5,8-9H2,(H2,11,12,15). The zero-order valence-corrected chi connectivity index (χ0v) is 8.65. The number of aliphatic hydroxyl groups excluding tert-OH is 1. The number of nitrogens with zero attached hydrogens (tertiary/aromatic N) is 1. The minimum atomic E-state index is -0.185. The Labute approximate surface area is 89.1 Å². The van der Waals surface area contributed by atoms with E-state index in [0.717, 1.165) is 6.54 Å². The fourth-order valence-electron chi connectivity index (χ4n) is 1.16. The third kappa shape index (κ3) is 5.07. The van der Waals surface area contributed by atoms with Crippen LogP contribution in [0.15, 0.2) is 24.5 Å². The summed E-state index contributed by atoms with van der Waals surface area (Å²) < 4.78 is 1.99. The van der Waals surface area contributed by atoms with Crippen LogP contribution in [0.2, 0.25) is 0 Å². The van der Waals surface area contributed by atoms with Crippen LogP contribution in [0.25, 0.3) is 0 Å². The van der Waals surface area contributed by atoms with Crippen molar-refractivity contribution in [2.45, 2.75) is 13.0 Å². The molecule has 3 N–H and O–H groups in total. The highest BCUT2D eigenvalue weighted by molar-refractivity contribution is 5.73. The predicted octanol–water partition coefficient (Wildman–Crippen LogP) is 0.170. The van der Waals surface area contributed by atoms with Crippen molar-refractivity contribution in [1.29, 1.82) is 0 Å². The summed E-state index contributed by atoms with van der Waals surface area (Å²) in [5, 5.41) is 13.9. The fourth-order valence-corrected chi connectivity index (χ4v) is 1.16. The molecule has 0 aliphatic rings. The Morgan fingerprint density at radius 1 is 1.20 bits per heavy atom. The Balaban J connectivity index is 2.02. The van der Waals surface area contributed by atoms with Crippen molar-refractivity contribution >= 4 is 6.03 Å². The van der Waals surface area contributed by atoms with E-state index in [-0.39, 0.29) is 12.6 Å². The van der Waals surface area contributed by atoms with E-state index in [2.05, 4.69) is 10.6 Å². The van der Waals surface area contributed by atoms with Gasteiger partial charge in [0.15, 0.2) is 0 Å². The SMILES string of the molecule is O=C(NCCCO)NCCn1cccc1. The van der Waals surface area contributed by atoms with E-state index in [0.29, 0.717) is 19.5 Å². The summed E-state index contributed by atoms with van der Waals surface area (Å²) in [6.45, 7) is 1.97. The van der Waals surface area contributed by atoms with E-state index in [4.69, 9.17) is 5.11 Å². The molecule has 0 aromatic carbocycles. The van der Waals surface area contributed by atoms with Crippen LogP contribution in [0, 0.1) is 0 Å². The molecule has 15 heavy (non-hydrogen) atoms. The highest BCUT2D eigenvalue weighted by Gasteiger charge is 1.97. The van der Waals surface area contributed by atoms with Crippen LogP contribution in [-0.2, 0) is 6.54 Å². The lowest BCUT2D eigenvalue weighted by molar-refractivity contribution is 0.237. The molecule has 0 atom stereocenters. The molecular weight excluding hydrogens is 194 g/mol. The molecule has 1 rings (SSSR count). The first kappa shape index (κ1) is 11.6. The average Bonchev–Trinajstić information content (AvgIpc) is 2.71. The molecule has 0 aliphatic carbocycles. The minimum absolute atomic E-state index is 0.101. The summed E-state index contributed by atoms with van der Waals surface area (Å²) in [4.78, 5) is 11.1. The third-order valence-corrected chi connectivity index (χ3v) is 1.94. The van der Waals surface area contributed by atoms with Crippen LogP contribution < -0.4 is 10.6 Å². The van der Waals surface area contributed by atoms with Crippen LogP contribution in [0.3, 0.4) is 0 Å². The second kappa shape index (κ2) is 6.89. The van der Waals surface area contributed by atoms with Gasteiger partial charge in [-0.1, -0.05) is 0 Å². The molecule has 1 heterocycles. The molecule has 84 valence electrons. The number of aromatic nitrogens is 1. The summed E-state index contributed by atoms with van der Waals surface area (Å²) in [6, 6.07) is 3.71. The highest BCUT2D eigenvalue weighted by Crippen LogP contribution is 1.87. The van der Waals surface area contributed by atoms with Gasteiger partial charge in [0.25, 0.3) is 0 Å². The van der Waals surface area contributed by atoms with Gasteiger partial charge in [-0.05, 0) is 18.6 Å². The van der Waals surface area contributed by atoms with Crippen molar-refractivity contribution < 1.29 is 9.90 Å². The summed E-state index contributed by atoms with van der Waals surface area (Å²) in [5.41, 5.74) is 0. The van der Waals surface area contributed by atoms with E-state index in [1.54, 1.807) is 0 Å². The molecular formula is C10H17N3O2. The minimum Gasteiger partial charge on any atom is -0.396 e. The third-order valence-electron chi connectivity index (χ3n) is 1.94. The van der Waals surface area contributed by atoms with E-state index in [1.165, 1.54) is 0 Å². The summed E-state index contributed by atoms with van der Waals surface area (Å²) in [6.07, 6.45) is 4.49. The number of rotatable bonds is 6. The van der Waals surface area contributed by atoms with Gasteiger partial charge in [0.1, 0.15) is 0 Å². The summed E-state index contributed by atoms with van der Waals surface area (Å²) in [5.74, 6) is 0. The number of aliphatic hydroxyl groups is 1. The van der Waals surface area contributed by atoms with Gasteiger partial charge in [-0.3, -0.25) is 0 Å². The lowest BCUT2D eigenvalue weighted by atomic mass is 10.4. The maximum Gasteiger partial charge on any atom is 0.314 e. The first-order valence-electron chi connectivity index (χ1n) is 5.06. The number of carbonyl (C=O) groups excluding carboxylic acids is 1. The van der Waals surface area contributed by atoms with E-state index < -0.39 is 0 Å². The van der Waals surface area contributed by atoms with Crippen molar-refractivity contribution in [2.75, 3.05) is 19.7 Å². The molecule has 0 aliphatic heterocycles. The van der Waals surface area contributed by atoms with Crippen LogP contribution >= 0.6 is 0 Å². The van der Waals surface area contributed by atoms with Crippen LogP contribution in [0.4, 0.5) is 4.79 Å². The molecule has 0 unspecified atom stereocenters. The van der Waals surface area contributed by atoms with Crippen LogP contribution in [-0.4, -0.2) is 35.4 Å². The molecule has 0 spiro atoms. The van der Waals surface area contributed by atoms with E-state index in [1.807, 2.05) is 29.1 Å². The Kier molecular flexibility index (Phi) is 5.32. The lowest BCUT2D eigenvalue weighted by Gasteiger charge is -2.07. The quantitative estimate of drug-likeness (QED) is 0.587. The number of amides is 2. The number of carbonyl (C=O) groups is 1. The van der Waals surface area contributed by atoms with Crippen molar-refractivity contribution in [2.24, 2.45) is 0 Å². The Morgan fingerprint density at radius 2 is 1.87 bits per heavy atom. The maximum absolute atomic E-state index is 11.1. The smallest absolute Gasteiger partial charge is 0.314 e. The molecule has 2 amide bonds. The van der Waals surface area contributed by atoms with Crippen molar-refractivity contribution in [3.8, 4) is 0 Å². The zero-order chi connectivity index (χ0) is 10.9. The molecule has 0 radical (unpaired) electrons. The average molecular weight is 211 g/mol. The lowest BCUT2D eigenvalue weighted by Crippen LogP contribution is -2.37. The molecule has 0 saturated carbocycles. The van der Waals surface area contributed by atoms with Crippen LogP contribution in [0.5, 0.6) is 0 Å². The largest absolute Gasteiger partial charge is 0.396 e. The maximum atomic E-state index is 11.1. The molecule has 5 heteroatoms. The van der Waals surface area contributed by atoms with Gasteiger partial charge in [0.05, 0.1) is 0 Å². The Bertz CT molecular complexity index is 272. The van der Waals surface area contributed by atoms with Crippen LogP contribution in [0.1, 0.15) is 6.42 Å². The van der Waals surface area contributed by atoms with Gasteiger partial charge in [-0.25, -0.2) is 4.79 Å². The molecule has 0 saturated heterocycles. The van der Waals surface area contributed by atoms with Crippen molar-refractivity contribution in [1.82, 2.24) is 15.2 Å². The topological polar surface area (TPSA) is 66.3 Å². The Hall–Kier alpha value is -1.49. The molecule has 0 bridgehead atoms. The summed E-state index contributed by atoms with van der Waals surface area (Å²) in [7, 11) is 0. The fraction of sp³-hybridized carbons (Fsp3) is 0.500. The first-order chi connectivity index (χ1) is 7.33. The highest BCUT2D eigenvalue weighted by atomic mass is 16.3. The normalized spacial score (nSPS) is 9.93.